The van der Waals surface area contributed by atoms with Gasteiger partial charge >= 0.3 is 12.1 Å². The number of aromatic nitrogens is 1. The molecule has 0 fully saturated rings. The van der Waals surface area contributed by atoms with Gasteiger partial charge in [-0.25, -0.2) is 4.79 Å². The van der Waals surface area contributed by atoms with E-state index in [2.05, 4.69) is 4.98 Å². The standard InChI is InChI=1S/C12H15IN2O4/c1-12(2,3)19-11(18)15(7-10(16)17)9-6-14-5-4-8(9)13/h4-6H,7H2,1-3H3,(H,16,17). The number of hydrogen-bond acceptors (Lipinski definition) is 4. The Kier molecular flexibility index (Phi) is 5.10. The summed E-state index contributed by atoms with van der Waals surface area (Å²) in [5.74, 6) is -1.12. The van der Waals surface area contributed by atoms with Crippen molar-refractivity contribution in [2.24, 2.45) is 0 Å². The number of ether oxygens (including phenoxy) is 1. The summed E-state index contributed by atoms with van der Waals surface area (Å²) in [5, 5.41) is 8.91. The third-order valence-corrected chi connectivity index (χ3v) is 2.86. The molecule has 19 heavy (non-hydrogen) atoms. The molecule has 0 aliphatic rings. The maximum atomic E-state index is 12.1. The Hall–Kier alpha value is -1.38. The Labute approximate surface area is 124 Å². The maximum Gasteiger partial charge on any atom is 0.415 e. The normalized spacial score (nSPS) is 10.9. The van der Waals surface area contributed by atoms with Crippen molar-refractivity contribution >= 4 is 40.3 Å². The van der Waals surface area contributed by atoms with E-state index in [1.54, 1.807) is 33.0 Å². The minimum Gasteiger partial charge on any atom is -0.480 e. The van der Waals surface area contributed by atoms with Crippen molar-refractivity contribution in [1.82, 2.24) is 4.98 Å². The molecule has 1 aromatic rings. The van der Waals surface area contributed by atoms with E-state index >= 15 is 0 Å². The monoisotopic (exact) mass is 378 g/mol. The van der Waals surface area contributed by atoms with Crippen molar-refractivity contribution in [1.29, 1.82) is 0 Å². The van der Waals surface area contributed by atoms with Crippen LogP contribution in [-0.2, 0) is 9.53 Å². The molecule has 0 unspecified atom stereocenters. The Morgan fingerprint density at radius 3 is 2.58 bits per heavy atom. The van der Waals surface area contributed by atoms with Gasteiger partial charge in [0.25, 0.3) is 0 Å². The highest BCUT2D eigenvalue weighted by atomic mass is 127. The van der Waals surface area contributed by atoms with Crippen LogP contribution in [0, 0.1) is 3.57 Å². The van der Waals surface area contributed by atoms with Gasteiger partial charge in [0.15, 0.2) is 0 Å². The van der Waals surface area contributed by atoms with Gasteiger partial charge < -0.3 is 9.84 Å². The molecule has 0 saturated heterocycles. The number of carboxylic acids is 1. The predicted octanol–water partition coefficient (Wildman–Crippen LogP) is 2.51. The zero-order chi connectivity index (χ0) is 14.6. The first-order chi connectivity index (χ1) is 8.70. The lowest BCUT2D eigenvalue weighted by molar-refractivity contribution is -0.135. The lowest BCUT2D eigenvalue weighted by Crippen LogP contribution is -2.40. The van der Waals surface area contributed by atoms with Crippen molar-refractivity contribution in [3.8, 4) is 0 Å². The summed E-state index contributed by atoms with van der Waals surface area (Å²) >= 11 is 2.01. The molecular formula is C12H15IN2O4. The number of hydrogen-bond donors (Lipinski definition) is 1. The molecule has 0 bridgehead atoms. The smallest absolute Gasteiger partial charge is 0.415 e. The van der Waals surface area contributed by atoms with Crippen LogP contribution in [0.2, 0.25) is 0 Å². The van der Waals surface area contributed by atoms with Crippen LogP contribution in [-0.4, -0.2) is 34.3 Å². The highest BCUT2D eigenvalue weighted by Crippen LogP contribution is 2.23. The van der Waals surface area contributed by atoms with E-state index in [-0.39, 0.29) is 0 Å². The first-order valence-corrected chi connectivity index (χ1v) is 6.60. The van der Waals surface area contributed by atoms with Gasteiger partial charge in [0.05, 0.1) is 11.9 Å². The molecule has 1 rings (SSSR count). The maximum absolute atomic E-state index is 12.1. The number of carbonyl (C=O) groups excluding carboxylic acids is 1. The lowest BCUT2D eigenvalue weighted by Gasteiger charge is -2.26. The summed E-state index contributed by atoms with van der Waals surface area (Å²) in [6.07, 6.45) is 2.30. The molecule has 0 aliphatic heterocycles. The third-order valence-electron chi connectivity index (χ3n) is 1.95. The van der Waals surface area contributed by atoms with Gasteiger partial charge in [-0.3, -0.25) is 14.7 Å². The van der Waals surface area contributed by atoms with E-state index in [0.29, 0.717) is 5.69 Å². The van der Waals surface area contributed by atoms with Crippen molar-refractivity contribution in [3.63, 3.8) is 0 Å². The van der Waals surface area contributed by atoms with Gasteiger partial charge in [0.2, 0.25) is 0 Å². The SMILES string of the molecule is CC(C)(C)OC(=O)N(CC(=O)O)c1cnccc1I. The summed E-state index contributed by atoms with van der Waals surface area (Å²) < 4.78 is 5.92. The molecule has 0 aliphatic carbocycles. The van der Waals surface area contributed by atoms with Gasteiger partial charge in [0, 0.05) is 9.77 Å². The van der Waals surface area contributed by atoms with Crippen LogP contribution in [0.4, 0.5) is 10.5 Å². The molecular weight excluding hydrogens is 363 g/mol. The van der Waals surface area contributed by atoms with E-state index in [4.69, 9.17) is 9.84 Å². The van der Waals surface area contributed by atoms with Crippen LogP contribution in [0.1, 0.15) is 20.8 Å². The number of anilines is 1. The van der Waals surface area contributed by atoms with Crippen LogP contribution < -0.4 is 4.90 Å². The molecule has 7 heteroatoms. The fraction of sp³-hybridized carbons (Fsp3) is 0.417. The van der Waals surface area contributed by atoms with Gasteiger partial charge in [-0.2, -0.15) is 0 Å². The predicted molar refractivity (Wildman–Crippen MR) is 78.2 cm³/mol. The number of carboxylic acid groups (broad SMARTS) is 1. The second-order valence-electron chi connectivity index (χ2n) is 4.79. The number of amides is 1. The minimum atomic E-state index is -1.12. The van der Waals surface area contributed by atoms with E-state index in [9.17, 15) is 9.59 Å². The van der Waals surface area contributed by atoms with Crippen LogP contribution in [0.15, 0.2) is 18.5 Å². The fourth-order valence-electron chi connectivity index (χ4n) is 1.27. The van der Waals surface area contributed by atoms with Gasteiger partial charge in [-0.05, 0) is 49.4 Å². The summed E-state index contributed by atoms with van der Waals surface area (Å²) in [5.41, 5.74) is -0.277. The van der Waals surface area contributed by atoms with Crippen molar-refractivity contribution in [2.75, 3.05) is 11.4 Å². The van der Waals surface area contributed by atoms with E-state index in [0.717, 1.165) is 8.47 Å². The number of nitrogens with zero attached hydrogens (tertiary/aromatic N) is 2. The summed E-state index contributed by atoms with van der Waals surface area (Å²) in [6, 6.07) is 1.69. The average Bonchev–Trinajstić information content (AvgIpc) is 2.24. The Balaban J connectivity index is 3.05. The minimum absolute atomic E-state index is 0.416. The largest absolute Gasteiger partial charge is 0.480 e. The Bertz CT molecular complexity index is 485. The summed E-state index contributed by atoms with van der Waals surface area (Å²) in [4.78, 5) is 27.9. The van der Waals surface area contributed by atoms with Crippen molar-refractivity contribution in [3.05, 3.63) is 22.0 Å². The van der Waals surface area contributed by atoms with Crippen molar-refractivity contribution in [2.45, 2.75) is 26.4 Å². The summed E-state index contributed by atoms with van der Waals surface area (Å²) in [6.45, 7) is 4.69. The molecule has 1 amide bonds. The second kappa shape index (κ2) is 6.18. The van der Waals surface area contributed by atoms with Crippen LogP contribution >= 0.6 is 22.6 Å². The fourth-order valence-corrected chi connectivity index (χ4v) is 1.86. The average molecular weight is 378 g/mol. The molecule has 104 valence electrons. The molecule has 1 N–H and O–H groups in total. The first-order valence-electron chi connectivity index (χ1n) is 5.52. The molecule has 0 aromatic carbocycles. The Morgan fingerprint density at radius 2 is 2.11 bits per heavy atom. The van der Waals surface area contributed by atoms with Gasteiger partial charge in [0.1, 0.15) is 12.1 Å². The highest BCUT2D eigenvalue weighted by Gasteiger charge is 2.26. The van der Waals surface area contributed by atoms with Gasteiger partial charge in [-0.15, -0.1) is 0 Å². The highest BCUT2D eigenvalue weighted by molar-refractivity contribution is 14.1. The van der Waals surface area contributed by atoms with Crippen molar-refractivity contribution < 1.29 is 19.4 Å². The molecule has 0 atom stereocenters. The zero-order valence-electron chi connectivity index (χ0n) is 10.9. The zero-order valence-corrected chi connectivity index (χ0v) is 13.0. The summed E-state index contributed by atoms with van der Waals surface area (Å²) in [7, 11) is 0. The topological polar surface area (TPSA) is 79.7 Å². The van der Waals surface area contributed by atoms with Crippen LogP contribution in [0.25, 0.3) is 0 Å². The molecule has 6 nitrogen and oxygen atoms in total. The molecule has 0 spiro atoms. The molecule has 1 heterocycles. The Morgan fingerprint density at radius 1 is 1.47 bits per heavy atom. The molecule has 0 radical (unpaired) electrons. The van der Waals surface area contributed by atoms with E-state index in [1.165, 1.54) is 6.20 Å². The molecule has 0 saturated carbocycles. The number of pyridine rings is 1. The number of halogens is 1. The number of carbonyl (C=O) groups is 2. The van der Waals surface area contributed by atoms with Crippen LogP contribution in [0.3, 0.4) is 0 Å². The van der Waals surface area contributed by atoms with Crippen LogP contribution in [0.5, 0.6) is 0 Å². The molecule has 1 aromatic heterocycles. The van der Waals surface area contributed by atoms with Gasteiger partial charge in [-0.1, -0.05) is 0 Å². The first kappa shape index (κ1) is 15.7. The lowest BCUT2D eigenvalue weighted by atomic mass is 10.2. The second-order valence-corrected chi connectivity index (χ2v) is 5.95. The number of aliphatic carboxylic acids is 1. The van der Waals surface area contributed by atoms with E-state index in [1.807, 2.05) is 22.6 Å². The third kappa shape index (κ3) is 5.01. The quantitative estimate of drug-likeness (QED) is 0.818. The number of rotatable bonds is 3. The van der Waals surface area contributed by atoms with E-state index < -0.39 is 24.2 Å².